The van der Waals surface area contributed by atoms with Crippen LogP contribution in [0.15, 0.2) is 11.2 Å². The van der Waals surface area contributed by atoms with E-state index in [0.717, 1.165) is 17.8 Å². The molecule has 0 spiro atoms. The Kier molecular flexibility index (Phi) is 5.08. The Morgan fingerprint density at radius 1 is 1.33 bits per heavy atom. The van der Waals surface area contributed by atoms with Crippen molar-refractivity contribution in [2.24, 2.45) is 11.8 Å². The molecule has 1 saturated carbocycles. The second-order valence-electron chi connectivity index (χ2n) is 6.88. The lowest BCUT2D eigenvalue weighted by Gasteiger charge is -2.34. The third-order valence-electron chi connectivity index (χ3n) is 4.98. The summed E-state index contributed by atoms with van der Waals surface area (Å²) in [6.07, 6.45) is 3.54. The lowest BCUT2D eigenvalue weighted by Crippen LogP contribution is -2.44. The van der Waals surface area contributed by atoms with E-state index in [1.54, 1.807) is 4.52 Å². The Bertz CT molecular complexity index is 744. The van der Waals surface area contributed by atoms with Gasteiger partial charge in [-0.25, -0.2) is 9.50 Å². The Morgan fingerprint density at radius 3 is 2.92 bits per heavy atom. The first-order valence-corrected chi connectivity index (χ1v) is 9.56. The van der Waals surface area contributed by atoms with Crippen molar-refractivity contribution in [1.29, 1.82) is 0 Å². The molecule has 6 nitrogen and oxygen atoms in total. The average molecular weight is 347 g/mol. The fraction of sp³-hybridized carbons (Fsp3) is 0.647. The number of aromatic nitrogens is 4. The number of nitrogens with zero attached hydrogens (tertiary/aromatic N) is 4. The zero-order chi connectivity index (χ0) is 17.3. The number of fused-ring (bicyclic) bond motifs is 1. The monoisotopic (exact) mass is 347 g/mol. The summed E-state index contributed by atoms with van der Waals surface area (Å²) in [5, 5.41) is 8.20. The highest BCUT2D eigenvalue weighted by Crippen LogP contribution is 2.29. The van der Waals surface area contributed by atoms with Crippen LogP contribution in [-0.4, -0.2) is 37.3 Å². The fourth-order valence-corrected chi connectivity index (χ4v) is 4.00. The standard InChI is InChI=1S/C17H25N5OS/c1-10-6-5-7-14(13(10)4)19-15(23)9-24-17-20-16-18-11(2)8-12(3)22(16)21-17/h8,10,13-14H,5-7,9H2,1-4H3,(H,19,23)/t10-,13+,14+/m0/s1. The first-order chi connectivity index (χ1) is 11.4. The number of carbonyl (C=O) groups is 1. The summed E-state index contributed by atoms with van der Waals surface area (Å²) >= 11 is 1.36. The minimum Gasteiger partial charge on any atom is -0.352 e. The minimum absolute atomic E-state index is 0.0608. The van der Waals surface area contributed by atoms with Gasteiger partial charge in [-0.2, -0.15) is 4.98 Å². The molecule has 1 fully saturated rings. The van der Waals surface area contributed by atoms with Gasteiger partial charge in [0.15, 0.2) is 0 Å². The fourth-order valence-electron chi connectivity index (χ4n) is 3.37. The summed E-state index contributed by atoms with van der Waals surface area (Å²) in [6.45, 7) is 8.43. The van der Waals surface area contributed by atoms with E-state index in [1.165, 1.54) is 24.6 Å². The molecule has 1 aliphatic carbocycles. The van der Waals surface area contributed by atoms with Crippen molar-refractivity contribution in [3.05, 3.63) is 17.5 Å². The molecule has 130 valence electrons. The highest BCUT2D eigenvalue weighted by molar-refractivity contribution is 7.99. The molecule has 24 heavy (non-hydrogen) atoms. The molecule has 2 aromatic rings. The maximum atomic E-state index is 12.3. The van der Waals surface area contributed by atoms with Crippen molar-refractivity contribution in [3.8, 4) is 0 Å². The van der Waals surface area contributed by atoms with Gasteiger partial charge in [0.2, 0.25) is 11.1 Å². The van der Waals surface area contributed by atoms with Gasteiger partial charge in [-0.15, -0.1) is 5.10 Å². The highest BCUT2D eigenvalue weighted by Gasteiger charge is 2.28. The van der Waals surface area contributed by atoms with Crippen LogP contribution in [-0.2, 0) is 4.79 Å². The maximum absolute atomic E-state index is 12.3. The van der Waals surface area contributed by atoms with Gasteiger partial charge in [0.05, 0.1) is 5.75 Å². The zero-order valence-electron chi connectivity index (χ0n) is 14.7. The molecule has 2 aromatic heterocycles. The SMILES string of the molecule is Cc1cc(C)n2nc(SCC(=O)N[C@@H]3CCC[C@H](C)[C@H]3C)nc2n1. The van der Waals surface area contributed by atoms with Crippen molar-refractivity contribution < 1.29 is 4.79 Å². The van der Waals surface area contributed by atoms with Crippen LogP contribution >= 0.6 is 11.8 Å². The third kappa shape index (κ3) is 3.71. The number of hydrogen-bond donors (Lipinski definition) is 1. The maximum Gasteiger partial charge on any atom is 0.253 e. The molecular formula is C17H25N5OS. The topological polar surface area (TPSA) is 72.2 Å². The lowest BCUT2D eigenvalue weighted by molar-refractivity contribution is -0.120. The molecule has 0 bridgehead atoms. The van der Waals surface area contributed by atoms with E-state index in [4.69, 9.17) is 0 Å². The molecule has 2 heterocycles. The normalized spacial score (nSPS) is 24.2. The van der Waals surface area contributed by atoms with Gasteiger partial charge in [-0.05, 0) is 38.2 Å². The van der Waals surface area contributed by atoms with Gasteiger partial charge in [0, 0.05) is 17.4 Å². The molecule has 3 rings (SSSR count). The second kappa shape index (κ2) is 7.09. The van der Waals surface area contributed by atoms with Crippen LogP contribution in [0.1, 0.15) is 44.5 Å². The lowest BCUT2D eigenvalue weighted by atomic mass is 9.78. The van der Waals surface area contributed by atoms with E-state index in [-0.39, 0.29) is 5.91 Å². The Hall–Kier alpha value is -1.63. The molecule has 1 aliphatic rings. The van der Waals surface area contributed by atoms with Crippen molar-refractivity contribution in [2.45, 2.75) is 58.2 Å². The average Bonchev–Trinajstić information content (AvgIpc) is 2.93. The number of thioether (sulfide) groups is 1. The predicted octanol–water partition coefficient (Wildman–Crippen LogP) is 2.77. The highest BCUT2D eigenvalue weighted by atomic mass is 32.2. The quantitative estimate of drug-likeness (QED) is 0.861. The van der Waals surface area contributed by atoms with Crippen LogP contribution < -0.4 is 5.32 Å². The number of hydrogen-bond acceptors (Lipinski definition) is 5. The van der Waals surface area contributed by atoms with Gasteiger partial charge >= 0.3 is 0 Å². The summed E-state index contributed by atoms with van der Waals surface area (Å²) in [6, 6.07) is 2.26. The number of rotatable bonds is 4. The summed E-state index contributed by atoms with van der Waals surface area (Å²) in [5.74, 6) is 2.20. The summed E-state index contributed by atoms with van der Waals surface area (Å²) in [4.78, 5) is 21.0. The molecule has 0 saturated heterocycles. The smallest absolute Gasteiger partial charge is 0.253 e. The van der Waals surface area contributed by atoms with Crippen LogP contribution in [0.5, 0.6) is 0 Å². The largest absolute Gasteiger partial charge is 0.352 e. The first-order valence-electron chi connectivity index (χ1n) is 8.57. The summed E-state index contributed by atoms with van der Waals surface area (Å²) in [7, 11) is 0. The van der Waals surface area contributed by atoms with Crippen LogP contribution in [0.4, 0.5) is 0 Å². The second-order valence-corrected chi connectivity index (χ2v) is 7.82. The van der Waals surface area contributed by atoms with Gasteiger partial charge in [-0.3, -0.25) is 4.79 Å². The zero-order valence-corrected chi connectivity index (χ0v) is 15.6. The van der Waals surface area contributed by atoms with Crippen molar-refractivity contribution >= 4 is 23.4 Å². The first kappa shape index (κ1) is 17.2. The molecular weight excluding hydrogens is 322 g/mol. The van der Waals surface area contributed by atoms with Crippen LogP contribution in [0, 0.1) is 25.7 Å². The van der Waals surface area contributed by atoms with Crippen LogP contribution in [0.3, 0.4) is 0 Å². The Balaban J connectivity index is 1.59. The van der Waals surface area contributed by atoms with Gasteiger partial charge < -0.3 is 5.32 Å². The van der Waals surface area contributed by atoms with Crippen molar-refractivity contribution in [3.63, 3.8) is 0 Å². The molecule has 7 heteroatoms. The van der Waals surface area contributed by atoms with Gasteiger partial charge in [-0.1, -0.05) is 38.5 Å². The van der Waals surface area contributed by atoms with Gasteiger partial charge in [0.25, 0.3) is 5.78 Å². The van der Waals surface area contributed by atoms with Crippen molar-refractivity contribution in [2.75, 3.05) is 5.75 Å². The molecule has 0 radical (unpaired) electrons. The molecule has 0 unspecified atom stereocenters. The van der Waals surface area contributed by atoms with Crippen LogP contribution in [0.2, 0.25) is 0 Å². The van der Waals surface area contributed by atoms with E-state index in [9.17, 15) is 4.79 Å². The molecule has 0 aliphatic heterocycles. The van der Waals surface area contributed by atoms with E-state index in [0.29, 0.717) is 34.6 Å². The number of carbonyl (C=O) groups excluding carboxylic acids is 1. The number of nitrogens with one attached hydrogen (secondary N) is 1. The van der Waals surface area contributed by atoms with E-state index in [2.05, 4.69) is 34.2 Å². The predicted molar refractivity (Wildman–Crippen MR) is 95.1 cm³/mol. The summed E-state index contributed by atoms with van der Waals surface area (Å²) in [5.41, 5.74) is 1.91. The van der Waals surface area contributed by atoms with Gasteiger partial charge in [0.1, 0.15) is 0 Å². The molecule has 1 N–H and O–H groups in total. The van der Waals surface area contributed by atoms with E-state index < -0.39 is 0 Å². The molecule has 3 atom stereocenters. The Labute approximate surface area is 146 Å². The van der Waals surface area contributed by atoms with E-state index >= 15 is 0 Å². The molecule has 0 aromatic carbocycles. The van der Waals surface area contributed by atoms with Crippen molar-refractivity contribution in [1.82, 2.24) is 24.9 Å². The van der Waals surface area contributed by atoms with Crippen LogP contribution in [0.25, 0.3) is 5.78 Å². The summed E-state index contributed by atoms with van der Waals surface area (Å²) < 4.78 is 1.72. The third-order valence-corrected chi connectivity index (χ3v) is 5.82. The Morgan fingerprint density at radius 2 is 2.12 bits per heavy atom. The number of aryl methyl sites for hydroxylation is 2. The van der Waals surface area contributed by atoms with E-state index in [1.807, 2.05) is 19.9 Å². The number of amides is 1. The minimum atomic E-state index is 0.0608. The molecule has 1 amide bonds.